The second-order valence-electron chi connectivity index (χ2n) is 3.98. The molecule has 0 saturated carbocycles. The molecular formula is C11H24ClNO2. The molecule has 15 heavy (non-hydrogen) atoms. The highest BCUT2D eigenvalue weighted by Crippen LogP contribution is 2.04. The SMILES string of the molecule is CCCCCN(CCC(=O)O)C(C)C.Cl. The Morgan fingerprint density at radius 3 is 2.27 bits per heavy atom. The molecule has 0 saturated heterocycles. The number of rotatable bonds is 8. The quantitative estimate of drug-likeness (QED) is 0.660. The third-order valence-corrected chi connectivity index (χ3v) is 2.39. The second kappa shape index (κ2) is 10.2. The van der Waals surface area contributed by atoms with E-state index in [0.717, 1.165) is 6.54 Å². The molecule has 1 N–H and O–H groups in total. The molecule has 0 amide bonds. The van der Waals surface area contributed by atoms with Crippen LogP contribution in [0.2, 0.25) is 0 Å². The topological polar surface area (TPSA) is 40.5 Å². The zero-order chi connectivity index (χ0) is 11.0. The van der Waals surface area contributed by atoms with Crippen molar-refractivity contribution in [3.05, 3.63) is 0 Å². The van der Waals surface area contributed by atoms with Crippen LogP contribution in [0.5, 0.6) is 0 Å². The van der Waals surface area contributed by atoms with E-state index < -0.39 is 5.97 Å². The van der Waals surface area contributed by atoms with E-state index >= 15 is 0 Å². The molecule has 4 heteroatoms. The highest BCUT2D eigenvalue weighted by Gasteiger charge is 2.10. The van der Waals surface area contributed by atoms with Crippen molar-refractivity contribution < 1.29 is 9.90 Å². The average molecular weight is 238 g/mol. The Morgan fingerprint density at radius 2 is 1.87 bits per heavy atom. The minimum absolute atomic E-state index is 0. The van der Waals surface area contributed by atoms with Gasteiger partial charge in [0.05, 0.1) is 6.42 Å². The number of carboxylic acids is 1. The third kappa shape index (κ3) is 10.0. The number of carbonyl (C=O) groups is 1. The van der Waals surface area contributed by atoms with Gasteiger partial charge in [-0.1, -0.05) is 19.8 Å². The molecule has 0 bridgehead atoms. The summed E-state index contributed by atoms with van der Waals surface area (Å²) in [6.45, 7) is 8.12. The van der Waals surface area contributed by atoms with Crippen LogP contribution in [0.3, 0.4) is 0 Å². The Hall–Kier alpha value is -0.280. The standard InChI is InChI=1S/C11H23NO2.ClH/c1-4-5-6-8-12(10(2)3)9-7-11(13)14;/h10H,4-9H2,1-3H3,(H,13,14);1H. The van der Waals surface area contributed by atoms with Gasteiger partial charge in [0.1, 0.15) is 0 Å². The lowest BCUT2D eigenvalue weighted by molar-refractivity contribution is -0.137. The van der Waals surface area contributed by atoms with Crippen LogP contribution < -0.4 is 0 Å². The molecule has 0 spiro atoms. The molecule has 3 nitrogen and oxygen atoms in total. The summed E-state index contributed by atoms with van der Waals surface area (Å²) >= 11 is 0. The van der Waals surface area contributed by atoms with Gasteiger partial charge in [0.2, 0.25) is 0 Å². The fraction of sp³-hybridized carbons (Fsp3) is 0.909. The fourth-order valence-electron chi connectivity index (χ4n) is 1.43. The van der Waals surface area contributed by atoms with Crippen LogP contribution in [0.15, 0.2) is 0 Å². The summed E-state index contributed by atoms with van der Waals surface area (Å²) in [4.78, 5) is 12.7. The average Bonchev–Trinajstić information content (AvgIpc) is 2.10. The van der Waals surface area contributed by atoms with Gasteiger partial charge >= 0.3 is 5.97 Å². The Bertz CT molecular complexity index is 163. The highest BCUT2D eigenvalue weighted by atomic mass is 35.5. The molecule has 0 aromatic carbocycles. The molecular weight excluding hydrogens is 214 g/mol. The van der Waals surface area contributed by atoms with Gasteiger partial charge in [-0.3, -0.25) is 4.79 Å². The minimum atomic E-state index is -0.703. The summed E-state index contributed by atoms with van der Waals surface area (Å²) < 4.78 is 0. The Balaban J connectivity index is 0. The van der Waals surface area contributed by atoms with Gasteiger partial charge in [0, 0.05) is 12.6 Å². The van der Waals surface area contributed by atoms with Gasteiger partial charge < -0.3 is 10.0 Å². The molecule has 0 aromatic heterocycles. The monoisotopic (exact) mass is 237 g/mol. The van der Waals surface area contributed by atoms with Gasteiger partial charge in [0.15, 0.2) is 0 Å². The summed E-state index contributed by atoms with van der Waals surface area (Å²) in [5, 5.41) is 8.59. The van der Waals surface area contributed by atoms with E-state index in [0.29, 0.717) is 12.6 Å². The summed E-state index contributed by atoms with van der Waals surface area (Å²) in [6, 6.07) is 0.450. The smallest absolute Gasteiger partial charge is 0.304 e. The van der Waals surface area contributed by atoms with Crippen LogP contribution in [0, 0.1) is 0 Å². The lowest BCUT2D eigenvalue weighted by atomic mass is 10.2. The van der Waals surface area contributed by atoms with Crippen molar-refractivity contribution in [2.75, 3.05) is 13.1 Å². The third-order valence-electron chi connectivity index (χ3n) is 2.39. The molecule has 0 heterocycles. The Kier molecular flexibility index (Phi) is 11.7. The van der Waals surface area contributed by atoms with Crippen molar-refractivity contribution in [2.24, 2.45) is 0 Å². The normalized spacial score (nSPS) is 10.5. The molecule has 92 valence electrons. The van der Waals surface area contributed by atoms with Crippen LogP contribution in [-0.4, -0.2) is 35.1 Å². The summed E-state index contributed by atoms with van der Waals surface area (Å²) in [5.74, 6) is -0.703. The summed E-state index contributed by atoms with van der Waals surface area (Å²) in [7, 11) is 0. The van der Waals surface area contributed by atoms with E-state index in [9.17, 15) is 4.79 Å². The molecule has 0 aromatic rings. The van der Waals surface area contributed by atoms with Gasteiger partial charge in [-0.25, -0.2) is 0 Å². The predicted molar refractivity (Wildman–Crippen MR) is 65.7 cm³/mol. The molecule has 0 fully saturated rings. The molecule has 0 unspecified atom stereocenters. The van der Waals surface area contributed by atoms with Crippen molar-refractivity contribution in [3.8, 4) is 0 Å². The fourth-order valence-corrected chi connectivity index (χ4v) is 1.43. The number of nitrogens with zero attached hydrogens (tertiary/aromatic N) is 1. The van der Waals surface area contributed by atoms with Crippen molar-refractivity contribution in [2.45, 2.75) is 52.5 Å². The maximum absolute atomic E-state index is 10.4. The van der Waals surface area contributed by atoms with Crippen molar-refractivity contribution >= 4 is 18.4 Å². The van der Waals surface area contributed by atoms with Crippen LogP contribution in [-0.2, 0) is 4.79 Å². The summed E-state index contributed by atoms with van der Waals surface area (Å²) in [5.41, 5.74) is 0. The van der Waals surface area contributed by atoms with Crippen LogP contribution >= 0.6 is 12.4 Å². The molecule has 0 aliphatic rings. The number of halogens is 1. The zero-order valence-electron chi connectivity index (χ0n) is 10.0. The van der Waals surface area contributed by atoms with Gasteiger partial charge in [0.25, 0.3) is 0 Å². The molecule has 0 radical (unpaired) electrons. The van der Waals surface area contributed by atoms with E-state index in [4.69, 9.17) is 5.11 Å². The number of hydrogen-bond donors (Lipinski definition) is 1. The largest absolute Gasteiger partial charge is 0.481 e. The van der Waals surface area contributed by atoms with Crippen LogP contribution in [0.1, 0.15) is 46.5 Å². The maximum atomic E-state index is 10.4. The molecule has 0 aliphatic carbocycles. The predicted octanol–water partition coefficient (Wildman–Crippen LogP) is 2.78. The number of unbranched alkanes of at least 4 members (excludes halogenated alkanes) is 2. The molecule has 0 rings (SSSR count). The highest BCUT2D eigenvalue weighted by molar-refractivity contribution is 5.85. The Morgan fingerprint density at radius 1 is 1.27 bits per heavy atom. The van der Waals surface area contributed by atoms with Gasteiger partial charge in [-0.15, -0.1) is 12.4 Å². The van der Waals surface area contributed by atoms with Crippen molar-refractivity contribution in [3.63, 3.8) is 0 Å². The first-order valence-electron chi connectivity index (χ1n) is 5.53. The van der Waals surface area contributed by atoms with E-state index in [1.807, 2.05) is 0 Å². The Labute approximate surface area is 99.3 Å². The first kappa shape index (κ1) is 17.1. The second-order valence-corrected chi connectivity index (χ2v) is 3.98. The van der Waals surface area contributed by atoms with Crippen molar-refractivity contribution in [1.29, 1.82) is 0 Å². The lowest BCUT2D eigenvalue weighted by Gasteiger charge is -2.25. The first-order valence-corrected chi connectivity index (χ1v) is 5.53. The van der Waals surface area contributed by atoms with Crippen molar-refractivity contribution in [1.82, 2.24) is 4.90 Å². The summed E-state index contributed by atoms with van der Waals surface area (Å²) in [6.07, 6.45) is 3.87. The van der Waals surface area contributed by atoms with Crippen LogP contribution in [0.25, 0.3) is 0 Å². The number of aliphatic carboxylic acids is 1. The maximum Gasteiger partial charge on any atom is 0.304 e. The van der Waals surface area contributed by atoms with E-state index in [1.54, 1.807) is 0 Å². The van der Waals surface area contributed by atoms with Gasteiger partial charge in [-0.2, -0.15) is 0 Å². The van der Waals surface area contributed by atoms with Gasteiger partial charge in [-0.05, 0) is 26.8 Å². The van der Waals surface area contributed by atoms with E-state index in [-0.39, 0.29) is 18.8 Å². The first-order chi connectivity index (χ1) is 6.57. The van der Waals surface area contributed by atoms with Crippen LogP contribution in [0.4, 0.5) is 0 Å². The van der Waals surface area contributed by atoms with E-state index in [2.05, 4.69) is 25.7 Å². The zero-order valence-corrected chi connectivity index (χ0v) is 10.8. The van der Waals surface area contributed by atoms with E-state index in [1.165, 1.54) is 19.3 Å². The number of carboxylic acid groups (broad SMARTS) is 1. The molecule has 0 aliphatic heterocycles. The minimum Gasteiger partial charge on any atom is -0.481 e. The number of hydrogen-bond acceptors (Lipinski definition) is 2. The molecule has 0 atom stereocenters. The lowest BCUT2D eigenvalue weighted by Crippen LogP contribution is -2.33.